The number of rotatable bonds is 6. The van der Waals surface area contributed by atoms with Crippen LogP contribution in [0.5, 0.6) is 0 Å². The predicted molar refractivity (Wildman–Crippen MR) is 99.6 cm³/mol. The topological polar surface area (TPSA) is 6.48 Å². The third-order valence-corrected chi connectivity index (χ3v) is 7.11. The summed E-state index contributed by atoms with van der Waals surface area (Å²) in [6.07, 6.45) is 4.35. The highest BCUT2D eigenvalue weighted by atomic mass is 15.2. The highest BCUT2D eigenvalue weighted by Gasteiger charge is 2.54. The monoisotopic (exact) mass is 320 g/mol. The van der Waals surface area contributed by atoms with E-state index in [0.717, 1.165) is 47.7 Å². The van der Waals surface area contributed by atoms with Gasteiger partial charge in [0.1, 0.15) is 0 Å². The lowest BCUT2D eigenvalue weighted by Gasteiger charge is -2.39. The van der Waals surface area contributed by atoms with Gasteiger partial charge in [-0.25, -0.2) is 0 Å². The van der Waals surface area contributed by atoms with Gasteiger partial charge >= 0.3 is 0 Å². The van der Waals surface area contributed by atoms with Gasteiger partial charge in [-0.1, -0.05) is 27.7 Å². The van der Waals surface area contributed by atoms with Gasteiger partial charge in [0.2, 0.25) is 0 Å². The van der Waals surface area contributed by atoms with Gasteiger partial charge in [-0.2, -0.15) is 0 Å². The molecule has 0 N–H and O–H groups in total. The molecule has 1 aliphatic carbocycles. The highest BCUT2D eigenvalue weighted by molar-refractivity contribution is 5.06. The van der Waals surface area contributed by atoms with Crippen LogP contribution in [0.25, 0.3) is 0 Å². The van der Waals surface area contributed by atoms with Crippen molar-refractivity contribution in [2.45, 2.75) is 91.9 Å². The van der Waals surface area contributed by atoms with E-state index in [1.807, 2.05) is 0 Å². The Morgan fingerprint density at radius 2 is 1.52 bits per heavy atom. The maximum atomic E-state index is 2.90. The van der Waals surface area contributed by atoms with Crippen LogP contribution in [0.2, 0.25) is 0 Å². The molecule has 134 valence electrons. The van der Waals surface area contributed by atoms with E-state index in [-0.39, 0.29) is 0 Å². The molecular weight excluding hydrogens is 280 g/mol. The summed E-state index contributed by atoms with van der Waals surface area (Å²) in [6, 6.07) is 3.14. The molecule has 0 spiro atoms. The van der Waals surface area contributed by atoms with Crippen LogP contribution in [0.1, 0.15) is 67.7 Å². The molecule has 0 radical (unpaired) electrons. The van der Waals surface area contributed by atoms with E-state index in [1.54, 1.807) is 0 Å². The lowest BCUT2D eigenvalue weighted by molar-refractivity contribution is 0.0896. The van der Waals surface area contributed by atoms with E-state index < -0.39 is 0 Å². The van der Waals surface area contributed by atoms with Crippen LogP contribution in [0.3, 0.4) is 0 Å². The van der Waals surface area contributed by atoms with Crippen molar-refractivity contribution in [2.75, 3.05) is 13.1 Å². The molecule has 2 heteroatoms. The summed E-state index contributed by atoms with van der Waals surface area (Å²) >= 11 is 0. The van der Waals surface area contributed by atoms with Crippen LogP contribution in [-0.2, 0) is 0 Å². The summed E-state index contributed by atoms with van der Waals surface area (Å²) in [5.41, 5.74) is 0. The summed E-state index contributed by atoms with van der Waals surface area (Å²) in [4.78, 5) is 5.68. The van der Waals surface area contributed by atoms with E-state index in [2.05, 4.69) is 58.3 Å². The van der Waals surface area contributed by atoms with E-state index >= 15 is 0 Å². The minimum Gasteiger partial charge on any atom is -0.297 e. The molecule has 6 unspecified atom stereocenters. The molecule has 0 aromatic heterocycles. The summed E-state index contributed by atoms with van der Waals surface area (Å²) in [6.45, 7) is 19.7. The van der Waals surface area contributed by atoms with Crippen LogP contribution in [0, 0.1) is 29.6 Å². The van der Waals surface area contributed by atoms with Crippen molar-refractivity contribution in [3.05, 3.63) is 0 Å². The number of likely N-dealkylation sites (tertiary alicyclic amines) is 2. The minimum absolute atomic E-state index is 0.700. The largest absolute Gasteiger partial charge is 0.297 e. The maximum absolute atomic E-state index is 2.90. The quantitative estimate of drug-likeness (QED) is 0.711. The van der Waals surface area contributed by atoms with Gasteiger partial charge in [-0.3, -0.25) is 9.80 Å². The zero-order chi connectivity index (χ0) is 16.9. The normalized spacial score (nSPS) is 39.7. The standard InChI is InChI=1S/C21H40N2/c1-13(2)20-17(8-9-22(20)15(5)6)10-16(7)23-12-18-11-19(18)21(23)14(3)4/h13-21H,8-12H2,1-7H3. The molecule has 23 heavy (non-hydrogen) atoms. The molecule has 3 fully saturated rings. The van der Waals surface area contributed by atoms with Gasteiger partial charge in [0.15, 0.2) is 0 Å². The zero-order valence-electron chi connectivity index (χ0n) is 16.6. The molecular formula is C21H40N2. The molecule has 2 heterocycles. The van der Waals surface area contributed by atoms with Crippen LogP contribution >= 0.6 is 0 Å². The maximum Gasteiger partial charge on any atom is 0.0153 e. The van der Waals surface area contributed by atoms with Gasteiger partial charge in [-0.05, 0) is 76.2 Å². The molecule has 0 aromatic rings. The highest BCUT2D eigenvalue weighted by Crippen LogP contribution is 2.52. The molecule has 2 saturated heterocycles. The molecule has 0 bridgehead atoms. The Morgan fingerprint density at radius 3 is 2.09 bits per heavy atom. The minimum atomic E-state index is 0.700. The van der Waals surface area contributed by atoms with Crippen molar-refractivity contribution in [2.24, 2.45) is 29.6 Å². The van der Waals surface area contributed by atoms with E-state index in [0.29, 0.717) is 6.04 Å². The molecule has 1 saturated carbocycles. The van der Waals surface area contributed by atoms with E-state index in [9.17, 15) is 0 Å². The Balaban J connectivity index is 1.64. The van der Waals surface area contributed by atoms with Crippen molar-refractivity contribution in [1.29, 1.82) is 0 Å². The van der Waals surface area contributed by atoms with Gasteiger partial charge < -0.3 is 0 Å². The molecule has 2 aliphatic heterocycles. The first-order valence-corrected chi connectivity index (χ1v) is 10.3. The van der Waals surface area contributed by atoms with Crippen molar-refractivity contribution >= 4 is 0 Å². The Morgan fingerprint density at radius 1 is 0.870 bits per heavy atom. The molecule has 3 rings (SSSR count). The number of nitrogens with zero attached hydrogens (tertiary/aromatic N) is 2. The van der Waals surface area contributed by atoms with Gasteiger partial charge in [-0.15, -0.1) is 0 Å². The average molecular weight is 321 g/mol. The molecule has 6 atom stereocenters. The van der Waals surface area contributed by atoms with Gasteiger partial charge in [0, 0.05) is 30.7 Å². The number of hydrogen-bond donors (Lipinski definition) is 0. The summed E-state index contributed by atoms with van der Waals surface area (Å²) in [5, 5.41) is 0. The fourth-order valence-electron chi connectivity index (χ4n) is 6.15. The first-order chi connectivity index (χ1) is 10.8. The van der Waals surface area contributed by atoms with Crippen molar-refractivity contribution in [3.63, 3.8) is 0 Å². The fourth-order valence-corrected chi connectivity index (χ4v) is 6.15. The van der Waals surface area contributed by atoms with Crippen LogP contribution in [0.4, 0.5) is 0 Å². The second kappa shape index (κ2) is 6.67. The zero-order valence-corrected chi connectivity index (χ0v) is 16.6. The second-order valence-corrected chi connectivity index (χ2v) is 9.79. The number of hydrogen-bond acceptors (Lipinski definition) is 2. The SMILES string of the molecule is CC(C)C1C(CC(C)N2CC3CC3C2C(C)C)CCN1C(C)C. The van der Waals surface area contributed by atoms with Gasteiger partial charge in [0.05, 0.1) is 0 Å². The van der Waals surface area contributed by atoms with Crippen molar-refractivity contribution in [1.82, 2.24) is 9.80 Å². The molecule has 0 amide bonds. The van der Waals surface area contributed by atoms with Crippen LogP contribution in [0.15, 0.2) is 0 Å². The Hall–Kier alpha value is -0.0800. The van der Waals surface area contributed by atoms with Crippen molar-refractivity contribution in [3.8, 4) is 0 Å². The van der Waals surface area contributed by atoms with Crippen LogP contribution < -0.4 is 0 Å². The number of piperidine rings is 1. The second-order valence-electron chi connectivity index (χ2n) is 9.79. The van der Waals surface area contributed by atoms with Crippen molar-refractivity contribution < 1.29 is 0 Å². The molecule has 3 aliphatic rings. The Bertz CT molecular complexity index is 403. The first-order valence-electron chi connectivity index (χ1n) is 10.3. The smallest absolute Gasteiger partial charge is 0.0153 e. The summed E-state index contributed by atoms with van der Waals surface area (Å²) in [7, 11) is 0. The molecule has 0 aromatic carbocycles. The summed E-state index contributed by atoms with van der Waals surface area (Å²) in [5.74, 6) is 4.59. The predicted octanol–water partition coefficient (Wildman–Crippen LogP) is 4.50. The van der Waals surface area contributed by atoms with Crippen LogP contribution in [-0.4, -0.2) is 47.1 Å². The third-order valence-electron chi connectivity index (χ3n) is 7.11. The lowest BCUT2D eigenvalue weighted by Crippen LogP contribution is -2.46. The van der Waals surface area contributed by atoms with E-state index in [4.69, 9.17) is 0 Å². The number of fused-ring (bicyclic) bond motifs is 1. The average Bonchev–Trinajstić information content (AvgIpc) is 2.93. The fraction of sp³-hybridized carbons (Fsp3) is 1.00. The van der Waals surface area contributed by atoms with E-state index in [1.165, 1.54) is 32.4 Å². The lowest BCUT2D eigenvalue weighted by atomic mass is 9.85. The Labute approximate surface area is 145 Å². The molecule has 2 nitrogen and oxygen atoms in total. The first kappa shape index (κ1) is 17.7. The third kappa shape index (κ3) is 3.35. The summed E-state index contributed by atoms with van der Waals surface area (Å²) < 4.78 is 0. The van der Waals surface area contributed by atoms with Gasteiger partial charge in [0.25, 0.3) is 0 Å². The Kier molecular flexibility index (Phi) is 5.14.